The number of nitrogens with zero attached hydrogens (tertiary/aromatic N) is 2. The molecular weight excluding hydrogens is 362 g/mol. The van der Waals surface area contributed by atoms with E-state index in [1.165, 1.54) is 11.1 Å². The van der Waals surface area contributed by atoms with Crippen molar-refractivity contribution in [1.29, 1.82) is 0 Å². The summed E-state index contributed by atoms with van der Waals surface area (Å²) in [5.74, 6) is 0.302. The van der Waals surface area contributed by atoms with Crippen molar-refractivity contribution in [3.05, 3.63) is 59.9 Å². The quantitative estimate of drug-likeness (QED) is 0.771. The molecular formula is C24H31N3O2. The molecule has 1 N–H and O–H groups in total. The number of anilines is 1. The van der Waals surface area contributed by atoms with Crippen LogP contribution < -0.4 is 5.32 Å². The Kier molecular flexibility index (Phi) is 7.39. The molecule has 1 saturated carbocycles. The summed E-state index contributed by atoms with van der Waals surface area (Å²) in [6.07, 6.45) is 8.49. The Morgan fingerprint density at radius 2 is 1.59 bits per heavy atom. The Morgan fingerprint density at radius 1 is 0.966 bits per heavy atom. The minimum Gasteiger partial charge on any atom is -0.345 e. The van der Waals surface area contributed by atoms with E-state index < -0.39 is 0 Å². The number of aryl methyl sites for hydroxylation is 1. The van der Waals surface area contributed by atoms with Gasteiger partial charge < -0.3 is 10.2 Å². The molecule has 5 nitrogen and oxygen atoms in total. The van der Waals surface area contributed by atoms with Crippen LogP contribution in [0.5, 0.6) is 0 Å². The van der Waals surface area contributed by atoms with E-state index in [2.05, 4.69) is 17.2 Å². The lowest BCUT2D eigenvalue weighted by Gasteiger charge is -2.30. The number of hydrogen-bond acceptors (Lipinski definition) is 3. The number of likely N-dealkylation sites (N-methyl/N-ethyl adjacent to an activating group) is 1. The molecule has 2 amide bonds. The standard InChI is InChI=1S/C24H31N3O2/c1-3-18-4-10-22(11-5-18)26-23(28)20-6-8-21(9-7-20)24(29)27(2)17-14-19-12-15-25-16-13-19/h4-5,10-13,15-16,20-21H,3,6-9,14,17H2,1-2H3,(H,26,28). The molecule has 3 rings (SSSR count). The third-order valence-corrected chi connectivity index (χ3v) is 5.94. The van der Waals surface area contributed by atoms with Crippen LogP contribution in [-0.4, -0.2) is 35.3 Å². The molecule has 5 heteroatoms. The Hall–Kier alpha value is -2.69. The Labute approximate surface area is 173 Å². The Morgan fingerprint density at radius 3 is 2.21 bits per heavy atom. The lowest BCUT2D eigenvalue weighted by atomic mass is 9.81. The average molecular weight is 394 g/mol. The second-order valence-electron chi connectivity index (χ2n) is 7.95. The van der Waals surface area contributed by atoms with Crippen molar-refractivity contribution in [2.75, 3.05) is 18.9 Å². The molecule has 0 unspecified atom stereocenters. The predicted octanol–water partition coefficient (Wildman–Crippen LogP) is 4.09. The maximum atomic E-state index is 12.8. The van der Waals surface area contributed by atoms with Gasteiger partial charge in [-0.15, -0.1) is 0 Å². The van der Waals surface area contributed by atoms with Gasteiger partial charge in [-0.05, 0) is 73.9 Å². The van der Waals surface area contributed by atoms with Gasteiger partial charge in [0, 0.05) is 43.5 Å². The zero-order valence-electron chi connectivity index (χ0n) is 17.4. The van der Waals surface area contributed by atoms with Gasteiger partial charge in [0.25, 0.3) is 0 Å². The number of nitrogens with one attached hydrogen (secondary N) is 1. The number of hydrogen-bond donors (Lipinski definition) is 1. The van der Waals surface area contributed by atoms with E-state index in [-0.39, 0.29) is 23.7 Å². The molecule has 29 heavy (non-hydrogen) atoms. The van der Waals surface area contributed by atoms with Crippen molar-refractivity contribution >= 4 is 17.5 Å². The Balaban J connectivity index is 1.43. The molecule has 0 aliphatic heterocycles. The lowest BCUT2D eigenvalue weighted by molar-refractivity contribution is -0.136. The molecule has 0 spiro atoms. The van der Waals surface area contributed by atoms with Crippen LogP contribution in [0.3, 0.4) is 0 Å². The van der Waals surface area contributed by atoms with Gasteiger partial charge >= 0.3 is 0 Å². The normalized spacial score (nSPS) is 18.8. The van der Waals surface area contributed by atoms with Gasteiger partial charge in [-0.2, -0.15) is 0 Å². The van der Waals surface area contributed by atoms with E-state index in [1.54, 1.807) is 12.4 Å². The van der Waals surface area contributed by atoms with Crippen LogP contribution in [0.15, 0.2) is 48.8 Å². The summed E-state index contributed by atoms with van der Waals surface area (Å²) in [6.45, 7) is 2.82. The molecule has 1 heterocycles. The minimum atomic E-state index is -0.00738. The van der Waals surface area contributed by atoms with Gasteiger partial charge in [-0.1, -0.05) is 19.1 Å². The van der Waals surface area contributed by atoms with Crippen LogP contribution in [-0.2, 0) is 22.4 Å². The van der Waals surface area contributed by atoms with Gasteiger partial charge in [0.2, 0.25) is 11.8 Å². The fourth-order valence-corrected chi connectivity index (χ4v) is 3.94. The number of carbonyl (C=O) groups excluding carboxylic acids is 2. The van der Waals surface area contributed by atoms with E-state index in [1.807, 2.05) is 48.3 Å². The summed E-state index contributed by atoms with van der Waals surface area (Å²) in [5.41, 5.74) is 3.29. The average Bonchev–Trinajstić information content (AvgIpc) is 2.78. The van der Waals surface area contributed by atoms with E-state index in [0.29, 0.717) is 6.54 Å². The van der Waals surface area contributed by atoms with E-state index in [4.69, 9.17) is 0 Å². The van der Waals surface area contributed by atoms with Crippen molar-refractivity contribution in [1.82, 2.24) is 9.88 Å². The second-order valence-corrected chi connectivity index (χ2v) is 7.95. The number of amides is 2. The summed E-state index contributed by atoms with van der Waals surface area (Å²) >= 11 is 0. The van der Waals surface area contributed by atoms with Crippen LogP contribution in [0.25, 0.3) is 0 Å². The largest absolute Gasteiger partial charge is 0.345 e. The Bertz CT molecular complexity index is 797. The zero-order valence-corrected chi connectivity index (χ0v) is 17.4. The molecule has 1 aliphatic rings. The third-order valence-electron chi connectivity index (χ3n) is 5.94. The van der Waals surface area contributed by atoms with Crippen molar-refractivity contribution in [2.24, 2.45) is 11.8 Å². The minimum absolute atomic E-state index is 0.00738. The molecule has 1 fully saturated rings. The van der Waals surface area contributed by atoms with Crippen molar-refractivity contribution in [2.45, 2.75) is 45.4 Å². The van der Waals surface area contributed by atoms with E-state index >= 15 is 0 Å². The maximum Gasteiger partial charge on any atom is 0.227 e. The van der Waals surface area contributed by atoms with Crippen LogP contribution in [0.1, 0.15) is 43.7 Å². The molecule has 1 aliphatic carbocycles. The fourth-order valence-electron chi connectivity index (χ4n) is 3.94. The zero-order chi connectivity index (χ0) is 20.6. The summed E-state index contributed by atoms with van der Waals surface area (Å²) < 4.78 is 0. The molecule has 1 aromatic heterocycles. The van der Waals surface area contributed by atoms with Crippen LogP contribution in [0, 0.1) is 11.8 Å². The number of pyridine rings is 1. The highest BCUT2D eigenvalue weighted by atomic mass is 16.2. The molecule has 0 saturated heterocycles. The van der Waals surface area contributed by atoms with Gasteiger partial charge in [-0.25, -0.2) is 0 Å². The van der Waals surface area contributed by atoms with Gasteiger partial charge in [0.05, 0.1) is 0 Å². The second kappa shape index (κ2) is 10.2. The van der Waals surface area contributed by atoms with Gasteiger partial charge in [0.15, 0.2) is 0 Å². The SMILES string of the molecule is CCc1ccc(NC(=O)C2CCC(C(=O)N(C)CCc3ccncc3)CC2)cc1. The summed E-state index contributed by atoms with van der Waals surface area (Å²) in [4.78, 5) is 31.2. The number of aromatic nitrogens is 1. The first kappa shape index (κ1) is 21.0. The number of benzene rings is 1. The van der Waals surface area contributed by atoms with Gasteiger partial charge in [-0.3, -0.25) is 14.6 Å². The monoisotopic (exact) mass is 393 g/mol. The lowest BCUT2D eigenvalue weighted by Crippen LogP contribution is -2.37. The topological polar surface area (TPSA) is 62.3 Å². The highest BCUT2D eigenvalue weighted by Gasteiger charge is 2.31. The number of carbonyl (C=O) groups is 2. The maximum absolute atomic E-state index is 12.8. The third kappa shape index (κ3) is 5.89. The summed E-state index contributed by atoms with van der Waals surface area (Å²) in [6, 6.07) is 12.0. The van der Waals surface area contributed by atoms with Gasteiger partial charge in [0.1, 0.15) is 0 Å². The van der Waals surface area contributed by atoms with Crippen molar-refractivity contribution < 1.29 is 9.59 Å². The fraction of sp³-hybridized carbons (Fsp3) is 0.458. The molecule has 2 aromatic rings. The van der Waals surface area contributed by atoms with Crippen LogP contribution >= 0.6 is 0 Å². The van der Waals surface area contributed by atoms with E-state index in [0.717, 1.165) is 44.2 Å². The van der Waals surface area contributed by atoms with E-state index in [9.17, 15) is 9.59 Å². The number of rotatable bonds is 7. The van der Waals surface area contributed by atoms with Crippen LogP contribution in [0.4, 0.5) is 5.69 Å². The molecule has 0 atom stereocenters. The smallest absolute Gasteiger partial charge is 0.227 e. The summed E-state index contributed by atoms with van der Waals surface area (Å²) in [7, 11) is 1.88. The first-order valence-corrected chi connectivity index (χ1v) is 10.6. The highest BCUT2D eigenvalue weighted by molar-refractivity contribution is 5.92. The van der Waals surface area contributed by atoms with Crippen LogP contribution in [0.2, 0.25) is 0 Å². The van der Waals surface area contributed by atoms with Crippen molar-refractivity contribution in [3.63, 3.8) is 0 Å². The first-order valence-electron chi connectivity index (χ1n) is 10.6. The molecule has 1 aromatic carbocycles. The highest BCUT2D eigenvalue weighted by Crippen LogP contribution is 2.31. The molecule has 0 radical (unpaired) electrons. The van der Waals surface area contributed by atoms with Crippen molar-refractivity contribution in [3.8, 4) is 0 Å². The first-order chi connectivity index (χ1) is 14.1. The molecule has 154 valence electrons. The predicted molar refractivity (Wildman–Crippen MR) is 115 cm³/mol. The molecule has 0 bridgehead atoms. The summed E-state index contributed by atoms with van der Waals surface area (Å²) in [5, 5.41) is 3.03.